The van der Waals surface area contributed by atoms with E-state index in [-0.39, 0.29) is 11.6 Å². The van der Waals surface area contributed by atoms with Crippen LogP contribution in [0.1, 0.15) is 34.3 Å². The van der Waals surface area contributed by atoms with E-state index in [0.29, 0.717) is 22.7 Å². The van der Waals surface area contributed by atoms with E-state index in [0.717, 1.165) is 20.9 Å². The molecule has 154 valence electrons. The van der Waals surface area contributed by atoms with E-state index in [1.54, 1.807) is 36.7 Å². The molecule has 1 unspecified atom stereocenters. The molecule has 2 heterocycles. The number of rotatable bonds is 5. The van der Waals surface area contributed by atoms with Gasteiger partial charge in [0.1, 0.15) is 22.7 Å². The van der Waals surface area contributed by atoms with E-state index in [4.69, 9.17) is 0 Å². The number of aromatic nitrogens is 2. The zero-order valence-corrected chi connectivity index (χ0v) is 17.6. The summed E-state index contributed by atoms with van der Waals surface area (Å²) in [6, 6.07) is 12.4. The van der Waals surface area contributed by atoms with Gasteiger partial charge in [0.25, 0.3) is 0 Å². The van der Waals surface area contributed by atoms with Gasteiger partial charge < -0.3 is 5.11 Å². The van der Waals surface area contributed by atoms with Gasteiger partial charge in [-0.25, -0.2) is 18.7 Å². The molecule has 0 spiro atoms. The smallest absolute Gasteiger partial charge is 0.178 e. The number of benzene rings is 2. The van der Waals surface area contributed by atoms with E-state index in [2.05, 4.69) is 9.97 Å². The first-order valence-corrected chi connectivity index (χ1v) is 10.7. The maximum absolute atomic E-state index is 12.7. The molecule has 0 saturated heterocycles. The third kappa shape index (κ3) is 5.63. The highest BCUT2D eigenvalue weighted by molar-refractivity contribution is 7.16. The van der Waals surface area contributed by atoms with Crippen LogP contribution < -0.4 is 0 Å². The third-order valence-corrected chi connectivity index (χ3v) is 6.20. The summed E-state index contributed by atoms with van der Waals surface area (Å²) in [5, 5.41) is 10.8. The van der Waals surface area contributed by atoms with Gasteiger partial charge in [-0.1, -0.05) is 31.2 Å². The van der Waals surface area contributed by atoms with Gasteiger partial charge >= 0.3 is 0 Å². The summed E-state index contributed by atoms with van der Waals surface area (Å²) in [4.78, 5) is 20.3. The molecule has 4 nitrogen and oxygen atoms in total. The minimum Gasteiger partial charge on any atom is -0.386 e. The number of thiazole rings is 2. The Kier molecular flexibility index (Phi) is 7.51. The molecule has 0 saturated carbocycles. The van der Waals surface area contributed by atoms with Crippen molar-refractivity contribution >= 4 is 29.0 Å². The molecule has 2 aromatic heterocycles. The molecule has 0 fully saturated rings. The molecule has 1 N–H and O–H groups in total. The largest absolute Gasteiger partial charge is 0.386 e. The number of aldehydes is 1. The molecule has 4 aromatic rings. The molecule has 0 aliphatic carbocycles. The van der Waals surface area contributed by atoms with Crippen molar-refractivity contribution in [1.29, 1.82) is 0 Å². The lowest BCUT2D eigenvalue weighted by Gasteiger charge is -2.01. The van der Waals surface area contributed by atoms with Crippen LogP contribution in [0.15, 0.2) is 60.9 Å². The molecule has 0 radical (unpaired) electrons. The predicted molar refractivity (Wildman–Crippen MR) is 116 cm³/mol. The fraction of sp³-hybridized carbons (Fsp3) is 0.136. The van der Waals surface area contributed by atoms with Crippen LogP contribution in [-0.2, 0) is 0 Å². The number of aliphatic hydroxyl groups is 1. The van der Waals surface area contributed by atoms with Crippen molar-refractivity contribution in [2.45, 2.75) is 19.4 Å². The SMILES string of the molecule is CCC(O)c1ncc(-c2ccc(F)cc2)s1.O=Cc1ncc(-c2ccc(F)cc2)s1. The number of hydrogen-bond acceptors (Lipinski definition) is 6. The lowest BCUT2D eigenvalue weighted by Crippen LogP contribution is -1.92. The number of halogens is 2. The van der Waals surface area contributed by atoms with Gasteiger partial charge in [0.2, 0.25) is 0 Å². The average molecular weight is 445 g/mol. The summed E-state index contributed by atoms with van der Waals surface area (Å²) >= 11 is 2.73. The number of carbonyl (C=O) groups excluding carboxylic acids is 1. The van der Waals surface area contributed by atoms with Crippen LogP contribution in [0.2, 0.25) is 0 Å². The highest BCUT2D eigenvalue weighted by atomic mass is 32.1. The fourth-order valence-electron chi connectivity index (χ4n) is 2.45. The van der Waals surface area contributed by atoms with Crippen LogP contribution in [0.25, 0.3) is 20.9 Å². The van der Waals surface area contributed by atoms with Crippen LogP contribution in [0, 0.1) is 11.6 Å². The molecule has 2 aromatic carbocycles. The van der Waals surface area contributed by atoms with Crippen molar-refractivity contribution in [2.24, 2.45) is 0 Å². The van der Waals surface area contributed by atoms with E-state index < -0.39 is 6.10 Å². The lowest BCUT2D eigenvalue weighted by molar-refractivity contribution is 0.112. The van der Waals surface area contributed by atoms with Crippen molar-refractivity contribution in [3.05, 3.63) is 82.6 Å². The third-order valence-electron chi connectivity index (χ3n) is 4.08. The molecule has 0 aliphatic rings. The van der Waals surface area contributed by atoms with E-state index in [1.807, 2.05) is 6.92 Å². The normalized spacial score (nSPS) is 11.5. The minimum absolute atomic E-state index is 0.248. The van der Waals surface area contributed by atoms with Gasteiger partial charge in [-0.2, -0.15) is 0 Å². The number of aliphatic hydroxyl groups excluding tert-OH is 1. The molecular formula is C22H18F2N2O2S2. The maximum atomic E-state index is 12.7. The van der Waals surface area contributed by atoms with Gasteiger partial charge in [0.15, 0.2) is 11.3 Å². The Bertz CT molecular complexity index is 1090. The van der Waals surface area contributed by atoms with Crippen molar-refractivity contribution in [3.8, 4) is 20.9 Å². The molecular weight excluding hydrogens is 426 g/mol. The Labute approximate surface area is 180 Å². The Hall–Kier alpha value is -2.81. The highest BCUT2D eigenvalue weighted by Crippen LogP contribution is 2.30. The molecule has 0 aliphatic heterocycles. The second-order valence-electron chi connectivity index (χ2n) is 6.18. The van der Waals surface area contributed by atoms with Crippen molar-refractivity contribution in [1.82, 2.24) is 9.97 Å². The summed E-state index contributed by atoms with van der Waals surface area (Å²) in [7, 11) is 0. The molecule has 0 amide bonds. The van der Waals surface area contributed by atoms with Crippen molar-refractivity contribution in [3.63, 3.8) is 0 Å². The van der Waals surface area contributed by atoms with Crippen LogP contribution >= 0.6 is 22.7 Å². The Morgan fingerprint density at radius 2 is 1.40 bits per heavy atom. The quantitative estimate of drug-likeness (QED) is 0.375. The van der Waals surface area contributed by atoms with Crippen LogP contribution in [-0.4, -0.2) is 21.4 Å². The fourth-order valence-corrected chi connectivity index (χ4v) is 4.18. The summed E-state index contributed by atoms with van der Waals surface area (Å²) in [5.41, 5.74) is 1.80. The Morgan fingerprint density at radius 1 is 0.900 bits per heavy atom. The number of nitrogens with zero attached hydrogens (tertiary/aromatic N) is 2. The van der Waals surface area contributed by atoms with E-state index in [1.165, 1.54) is 46.9 Å². The summed E-state index contributed by atoms with van der Waals surface area (Å²) in [6.45, 7) is 1.91. The van der Waals surface area contributed by atoms with Crippen molar-refractivity contribution in [2.75, 3.05) is 0 Å². The van der Waals surface area contributed by atoms with E-state index in [9.17, 15) is 18.7 Å². The average Bonchev–Trinajstić information content (AvgIpc) is 3.45. The molecule has 30 heavy (non-hydrogen) atoms. The van der Waals surface area contributed by atoms with Gasteiger partial charge in [-0.05, 0) is 41.8 Å². The van der Waals surface area contributed by atoms with Crippen molar-refractivity contribution < 1.29 is 18.7 Å². The summed E-state index contributed by atoms with van der Waals surface area (Å²) < 4.78 is 25.3. The zero-order chi connectivity index (χ0) is 21.5. The summed E-state index contributed by atoms with van der Waals surface area (Å²) in [5.74, 6) is -0.518. The standard InChI is InChI=1S/C12H12FNOS.C10H6FNOS/c1-2-10(15)12-14-7-11(16-12)8-3-5-9(13)6-4-8;11-8-3-1-7(2-4-8)9-5-12-10(6-13)14-9/h3-7,10,15H,2H2,1H3;1-6H. The Morgan fingerprint density at radius 3 is 1.87 bits per heavy atom. The first-order valence-electron chi connectivity index (χ1n) is 9.06. The minimum atomic E-state index is -0.501. The lowest BCUT2D eigenvalue weighted by atomic mass is 10.2. The first-order chi connectivity index (χ1) is 14.5. The topological polar surface area (TPSA) is 63.1 Å². The molecule has 0 bridgehead atoms. The molecule has 4 rings (SSSR count). The second kappa shape index (κ2) is 10.3. The maximum Gasteiger partial charge on any atom is 0.178 e. The molecule has 8 heteroatoms. The monoisotopic (exact) mass is 444 g/mol. The first kappa shape index (κ1) is 21.9. The number of carbonyl (C=O) groups is 1. The second-order valence-corrected chi connectivity index (χ2v) is 8.31. The highest BCUT2D eigenvalue weighted by Gasteiger charge is 2.11. The van der Waals surface area contributed by atoms with Crippen LogP contribution in [0.4, 0.5) is 8.78 Å². The summed E-state index contributed by atoms with van der Waals surface area (Å²) in [6.07, 6.45) is 4.18. The van der Waals surface area contributed by atoms with Crippen LogP contribution in [0.5, 0.6) is 0 Å². The van der Waals surface area contributed by atoms with Gasteiger partial charge in [0.05, 0.1) is 9.75 Å². The Balaban J connectivity index is 0.000000172. The van der Waals surface area contributed by atoms with E-state index >= 15 is 0 Å². The predicted octanol–water partition coefficient (Wildman–Crippen LogP) is 6.15. The van der Waals surface area contributed by atoms with Gasteiger partial charge in [-0.3, -0.25) is 4.79 Å². The zero-order valence-electron chi connectivity index (χ0n) is 16.0. The van der Waals surface area contributed by atoms with Gasteiger partial charge in [-0.15, -0.1) is 22.7 Å². The molecule has 1 atom stereocenters. The van der Waals surface area contributed by atoms with Gasteiger partial charge in [0, 0.05) is 12.4 Å². The number of hydrogen-bond donors (Lipinski definition) is 1. The van der Waals surface area contributed by atoms with Crippen LogP contribution in [0.3, 0.4) is 0 Å².